The number of hydrogen-bond donors (Lipinski definition) is 0. The average molecular weight is 201 g/mol. The van der Waals surface area contributed by atoms with Crippen molar-refractivity contribution < 1.29 is 0 Å². The molecular formula is C14H19N. The summed E-state index contributed by atoms with van der Waals surface area (Å²) in [6.45, 7) is 1.13. The Morgan fingerprint density at radius 2 is 1.87 bits per heavy atom. The zero-order valence-electron chi connectivity index (χ0n) is 9.45. The standard InChI is InChI=1S/C14H19N/c1-15-12-8-4-7-11-14(15)13-9-5-2-3-6-10-13/h2,4-5,7,9,11H,3,6,8,10,12H2,1H3. The first-order valence-electron chi connectivity index (χ1n) is 5.82. The van der Waals surface area contributed by atoms with Gasteiger partial charge in [-0.3, -0.25) is 0 Å². The van der Waals surface area contributed by atoms with E-state index in [1.165, 1.54) is 30.5 Å². The molecular weight excluding hydrogens is 182 g/mol. The van der Waals surface area contributed by atoms with Gasteiger partial charge in [-0.05, 0) is 37.3 Å². The lowest BCUT2D eigenvalue weighted by Crippen LogP contribution is -2.19. The summed E-state index contributed by atoms with van der Waals surface area (Å²) in [6.07, 6.45) is 18.3. The van der Waals surface area contributed by atoms with E-state index < -0.39 is 0 Å². The summed E-state index contributed by atoms with van der Waals surface area (Å²) in [6, 6.07) is 0. The molecule has 0 aromatic carbocycles. The van der Waals surface area contributed by atoms with Crippen LogP contribution in [-0.2, 0) is 0 Å². The second-order valence-electron chi connectivity index (χ2n) is 4.20. The van der Waals surface area contributed by atoms with Crippen LogP contribution in [0.5, 0.6) is 0 Å². The van der Waals surface area contributed by atoms with Crippen LogP contribution < -0.4 is 0 Å². The summed E-state index contributed by atoms with van der Waals surface area (Å²) >= 11 is 0. The molecule has 0 atom stereocenters. The minimum Gasteiger partial charge on any atom is -0.374 e. The summed E-state index contributed by atoms with van der Waals surface area (Å²) in [4.78, 5) is 2.37. The molecule has 0 amide bonds. The Morgan fingerprint density at radius 3 is 2.80 bits per heavy atom. The van der Waals surface area contributed by atoms with E-state index in [-0.39, 0.29) is 0 Å². The van der Waals surface area contributed by atoms with Crippen LogP contribution in [0, 0.1) is 0 Å². The number of hydrogen-bond acceptors (Lipinski definition) is 1. The molecule has 0 bridgehead atoms. The SMILES string of the molecule is CN1CCC=CC=C1C1=CC=CCCC1. The number of allylic oxidation sites excluding steroid dienone is 6. The maximum Gasteiger partial charge on any atom is 0.0396 e. The van der Waals surface area contributed by atoms with Crippen LogP contribution in [0.15, 0.2) is 47.7 Å². The van der Waals surface area contributed by atoms with Gasteiger partial charge in [-0.1, -0.05) is 30.4 Å². The number of nitrogens with zero attached hydrogens (tertiary/aromatic N) is 1. The molecule has 2 aliphatic rings. The third-order valence-electron chi connectivity index (χ3n) is 3.01. The molecule has 1 nitrogen and oxygen atoms in total. The normalized spacial score (nSPS) is 21.8. The molecule has 0 saturated heterocycles. The minimum absolute atomic E-state index is 1.13. The predicted octanol–water partition coefficient (Wildman–Crippen LogP) is 3.43. The highest BCUT2D eigenvalue weighted by Gasteiger charge is 2.11. The maximum atomic E-state index is 2.37. The van der Waals surface area contributed by atoms with Gasteiger partial charge in [-0.2, -0.15) is 0 Å². The van der Waals surface area contributed by atoms with Gasteiger partial charge < -0.3 is 4.90 Å². The van der Waals surface area contributed by atoms with Gasteiger partial charge in [-0.15, -0.1) is 0 Å². The van der Waals surface area contributed by atoms with Gasteiger partial charge in [0.2, 0.25) is 0 Å². The van der Waals surface area contributed by atoms with Gasteiger partial charge in [0.05, 0.1) is 0 Å². The van der Waals surface area contributed by atoms with Crippen molar-refractivity contribution in [2.24, 2.45) is 0 Å². The molecule has 1 aliphatic carbocycles. The van der Waals surface area contributed by atoms with Crippen LogP contribution in [0.3, 0.4) is 0 Å². The lowest BCUT2D eigenvalue weighted by Gasteiger charge is -2.23. The van der Waals surface area contributed by atoms with E-state index >= 15 is 0 Å². The molecule has 0 unspecified atom stereocenters. The van der Waals surface area contributed by atoms with Gasteiger partial charge in [0.25, 0.3) is 0 Å². The van der Waals surface area contributed by atoms with Gasteiger partial charge in [0, 0.05) is 19.3 Å². The summed E-state index contributed by atoms with van der Waals surface area (Å²) in [5.74, 6) is 0. The fourth-order valence-electron chi connectivity index (χ4n) is 2.11. The molecule has 1 heterocycles. The van der Waals surface area contributed by atoms with E-state index in [2.05, 4.69) is 48.4 Å². The van der Waals surface area contributed by atoms with Crippen LogP contribution >= 0.6 is 0 Å². The van der Waals surface area contributed by atoms with Gasteiger partial charge in [0.15, 0.2) is 0 Å². The molecule has 1 heteroatoms. The summed E-state index contributed by atoms with van der Waals surface area (Å²) in [5.41, 5.74) is 2.88. The lowest BCUT2D eigenvalue weighted by atomic mass is 10.1. The van der Waals surface area contributed by atoms with Crippen LogP contribution in [0.2, 0.25) is 0 Å². The molecule has 1 aliphatic heterocycles. The Hall–Kier alpha value is -1.24. The highest BCUT2D eigenvalue weighted by atomic mass is 15.1. The van der Waals surface area contributed by atoms with Crippen molar-refractivity contribution in [1.29, 1.82) is 0 Å². The van der Waals surface area contributed by atoms with E-state index in [4.69, 9.17) is 0 Å². The molecule has 0 saturated carbocycles. The molecule has 0 aromatic heterocycles. The summed E-state index contributed by atoms with van der Waals surface area (Å²) in [7, 11) is 2.19. The van der Waals surface area contributed by atoms with Crippen molar-refractivity contribution in [3.63, 3.8) is 0 Å². The van der Waals surface area contributed by atoms with Crippen molar-refractivity contribution in [2.75, 3.05) is 13.6 Å². The maximum absolute atomic E-state index is 2.37. The number of likely N-dealkylation sites (N-methyl/N-ethyl adjacent to an activating group) is 1. The molecule has 0 fully saturated rings. The molecule has 0 radical (unpaired) electrons. The third kappa shape index (κ3) is 2.62. The first kappa shape index (κ1) is 10.3. The first-order chi connectivity index (χ1) is 7.38. The fraction of sp³-hybridized carbons (Fsp3) is 0.429. The van der Waals surface area contributed by atoms with Gasteiger partial charge >= 0.3 is 0 Å². The summed E-state index contributed by atoms with van der Waals surface area (Å²) in [5, 5.41) is 0. The van der Waals surface area contributed by atoms with Crippen LogP contribution in [0.1, 0.15) is 25.7 Å². The van der Waals surface area contributed by atoms with Crippen molar-refractivity contribution in [3.05, 3.63) is 47.7 Å². The highest BCUT2D eigenvalue weighted by Crippen LogP contribution is 2.23. The van der Waals surface area contributed by atoms with E-state index in [9.17, 15) is 0 Å². The van der Waals surface area contributed by atoms with Crippen LogP contribution in [-0.4, -0.2) is 18.5 Å². The Kier molecular flexibility index (Phi) is 3.44. The van der Waals surface area contributed by atoms with E-state index in [0.717, 1.165) is 13.0 Å². The topological polar surface area (TPSA) is 3.24 Å². The average Bonchev–Trinajstić information content (AvgIpc) is 2.59. The summed E-state index contributed by atoms with van der Waals surface area (Å²) < 4.78 is 0. The number of rotatable bonds is 1. The Bertz CT molecular complexity index is 331. The monoisotopic (exact) mass is 201 g/mol. The molecule has 15 heavy (non-hydrogen) atoms. The highest BCUT2D eigenvalue weighted by molar-refractivity contribution is 5.36. The molecule has 0 aromatic rings. The Labute approximate surface area is 92.5 Å². The molecule has 0 N–H and O–H groups in total. The fourth-order valence-corrected chi connectivity index (χ4v) is 2.11. The molecule has 80 valence electrons. The predicted molar refractivity (Wildman–Crippen MR) is 65.5 cm³/mol. The van der Waals surface area contributed by atoms with E-state index in [1.807, 2.05) is 0 Å². The van der Waals surface area contributed by atoms with Crippen molar-refractivity contribution >= 4 is 0 Å². The molecule has 2 rings (SSSR count). The lowest BCUT2D eigenvalue weighted by molar-refractivity contribution is 0.432. The quantitative estimate of drug-likeness (QED) is 0.628. The second kappa shape index (κ2) is 5.01. The smallest absolute Gasteiger partial charge is 0.0396 e. The Morgan fingerprint density at radius 1 is 1.07 bits per heavy atom. The zero-order valence-corrected chi connectivity index (χ0v) is 9.45. The van der Waals surface area contributed by atoms with Crippen molar-refractivity contribution in [2.45, 2.75) is 25.7 Å². The van der Waals surface area contributed by atoms with Crippen molar-refractivity contribution in [3.8, 4) is 0 Å². The van der Waals surface area contributed by atoms with Gasteiger partial charge in [-0.25, -0.2) is 0 Å². The zero-order chi connectivity index (χ0) is 10.5. The molecule has 0 spiro atoms. The second-order valence-corrected chi connectivity index (χ2v) is 4.20. The minimum atomic E-state index is 1.13. The van der Waals surface area contributed by atoms with E-state index in [0.29, 0.717) is 0 Å². The van der Waals surface area contributed by atoms with E-state index in [1.54, 1.807) is 0 Å². The van der Waals surface area contributed by atoms with Crippen LogP contribution in [0.4, 0.5) is 0 Å². The Balaban J connectivity index is 2.20. The van der Waals surface area contributed by atoms with Crippen LogP contribution in [0.25, 0.3) is 0 Å². The van der Waals surface area contributed by atoms with Gasteiger partial charge in [0.1, 0.15) is 0 Å². The first-order valence-corrected chi connectivity index (χ1v) is 5.82. The van der Waals surface area contributed by atoms with Crippen molar-refractivity contribution in [1.82, 2.24) is 4.90 Å². The third-order valence-corrected chi connectivity index (χ3v) is 3.01. The largest absolute Gasteiger partial charge is 0.374 e.